The highest BCUT2D eigenvalue weighted by Gasteiger charge is 2.46. The van der Waals surface area contributed by atoms with Gasteiger partial charge < -0.3 is 4.74 Å². The molecule has 0 radical (unpaired) electrons. The van der Waals surface area contributed by atoms with E-state index >= 15 is 0 Å². The molecular weight excluding hydrogens is 224 g/mol. The number of hydrogen-bond acceptors (Lipinski definition) is 3. The van der Waals surface area contributed by atoms with Crippen LogP contribution in [0.3, 0.4) is 0 Å². The van der Waals surface area contributed by atoms with Gasteiger partial charge in [0.05, 0.1) is 12.7 Å². The van der Waals surface area contributed by atoms with E-state index in [-0.39, 0.29) is 0 Å². The fourth-order valence-corrected chi connectivity index (χ4v) is 2.52. The summed E-state index contributed by atoms with van der Waals surface area (Å²) in [6.45, 7) is 9.89. The fraction of sp³-hybridized carbons (Fsp3) is 0.933. The molecule has 0 amide bonds. The second-order valence-electron chi connectivity index (χ2n) is 6.07. The fourth-order valence-electron chi connectivity index (χ4n) is 2.52. The molecule has 3 nitrogen and oxygen atoms in total. The van der Waals surface area contributed by atoms with Crippen molar-refractivity contribution in [3.05, 3.63) is 0 Å². The minimum Gasteiger partial charge on any atom is -0.378 e. The molecule has 2 atom stereocenters. The van der Waals surface area contributed by atoms with Crippen molar-refractivity contribution in [2.75, 3.05) is 13.2 Å². The Morgan fingerprint density at radius 1 is 1.39 bits per heavy atom. The second-order valence-corrected chi connectivity index (χ2v) is 6.07. The van der Waals surface area contributed by atoms with E-state index in [1.807, 2.05) is 0 Å². The third-order valence-electron chi connectivity index (χ3n) is 3.53. The Kier molecular flexibility index (Phi) is 6.11. The van der Waals surface area contributed by atoms with E-state index < -0.39 is 5.54 Å². The topological polar surface area (TPSA) is 45.0 Å². The van der Waals surface area contributed by atoms with Crippen LogP contribution in [0.5, 0.6) is 0 Å². The highest BCUT2D eigenvalue weighted by Crippen LogP contribution is 2.40. The summed E-state index contributed by atoms with van der Waals surface area (Å²) < 4.78 is 5.82. The zero-order valence-electron chi connectivity index (χ0n) is 12.3. The van der Waals surface area contributed by atoms with Gasteiger partial charge in [0.1, 0.15) is 5.54 Å². The molecule has 0 aliphatic heterocycles. The summed E-state index contributed by atoms with van der Waals surface area (Å²) in [5.74, 6) is 1.07. The number of nitrogens with one attached hydrogen (secondary N) is 1. The molecule has 1 aliphatic rings. The van der Waals surface area contributed by atoms with Gasteiger partial charge in [-0.05, 0) is 44.9 Å². The van der Waals surface area contributed by atoms with Gasteiger partial charge in [0, 0.05) is 12.6 Å². The molecule has 1 saturated carbocycles. The van der Waals surface area contributed by atoms with E-state index in [4.69, 9.17) is 4.74 Å². The zero-order chi connectivity index (χ0) is 13.6. The van der Waals surface area contributed by atoms with Crippen molar-refractivity contribution in [3.8, 4) is 6.07 Å². The number of hydrogen-bond donors (Lipinski definition) is 1. The molecule has 1 N–H and O–H groups in total. The van der Waals surface area contributed by atoms with E-state index in [1.54, 1.807) is 0 Å². The lowest BCUT2D eigenvalue weighted by molar-refractivity contribution is 0.0554. The van der Waals surface area contributed by atoms with Crippen LogP contribution in [0, 0.1) is 23.2 Å². The molecule has 18 heavy (non-hydrogen) atoms. The Hall–Kier alpha value is -0.590. The van der Waals surface area contributed by atoms with Crippen molar-refractivity contribution >= 4 is 0 Å². The number of nitriles is 1. The van der Waals surface area contributed by atoms with Crippen molar-refractivity contribution in [2.45, 2.75) is 65.0 Å². The molecule has 1 rings (SSSR count). The third kappa shape index (κ3) is 4.59. The lowest BCUT2D eigenvalue weighted by atomic mass is 9.95. The first-order valence-electron chi connectivity index (χ1n) is 7.30. The standard InChI is InChI=1S/C15H28N2O/c1-5-6-13(4)9-18-11-15(10-16,14-7-8-14)17-12(2)3/h12-14,17H,5-9,11H2,1-4H3. The smallest absolute Gasteiger partial charge is 0.133 e. The largest absolute Gasteiger partial charge is 0.378 e. The van der Waals surface area contributed by atoms with Gasteiger partial charge >= 0.3 is 0 Å². The zero-order valence-corrected chi connectivity index (χ0v) is 12.3. The molecule has 104 valence electrons. The number of nitrogens with zero attached hydrogens (tertiary/aromatic N) is 1. The molecule has 0 saturated heterocycles. The van der Waals surface area contributed by atoms with Crippen LogP contribution in [-0.2, 0) is 4.74 Å². The minimum absolute atomic E-state index is 0.321. The van der Waals surface area contributed by atoms with E-state index in [1.165, 1.54) is 12.8 Å². The Morgan fingerprint density at radius 3 is 2.50 bits per heavy atom. The minimum atomic E-state index is -0.458. The number of rotatable bonds is 9. The van der Waals surface area contributed by atoms with Gasteiger partial charge in [-0.1, -0.05) is 20.3 Å². The van der Waals surface area contributed by atoms with E-state index in [2.05, 4.69) is 39.1 Å². The van der Waals surface area contributed by atoms with Gasteiger partial charge in [0.2, 0.25) is 0 Å². The Labute approximate surface area is 112 Å². The molecule has 0 spiro atoms. The summed E-state index contributed by atoms with van der Waals surface area (Å²) in [6.07, 6.45) is 4.70. The van der Waals surface area contributed by atoms with E-state index in [0.717, 1.165) is 19.4 Å². The number of ether oxygens (including phenoxy) is 1. The van der Waals surface area contributed by atoms with Crippen molar-refractivity contribution < 1.29 is 4.74 Å². The van der Waals surface area contributed by atoms with Crippen LogP contribution >= 0.6 is 0 Å². The summed E-state index contributed by atoms with van der Waals surface area (Å²) in [5.41, 5.74) is -0.458. The molecule has 0 bridgehead atoms. The molecule has 1 aliphatic carbocycles. The van der Waals surface area contributed by atoms with Gasteiger partial charge in [-0.3, -0.25) is 5.32 Å². The van der Waals surface area contributed by atoms with Crippen LogP contribution in [-0.4, -0.2) is 24.8 Å². The first-order valence-corrected chi connectivity index (χ1v) is 7.30. The summed E-state index contributed by atoms with van der Waals surface area (Å²) in [7, 11) is 0. The molecule has 2 unspecified atom stereocenters. The van der Waals surface area contributed by atoms with Crippen LogP contribution < -0.4 is 5.32 Å². The molecule has 0 aromatic carbocycles. The summed E-state index contributed by atoms with van der Waals surface area (Å²) in [6, 6.07) is 2.80. The maximum Gasteiger partial charge on any atom is 0.133 e. The van der Waals surface area contributed by atoms with Crippen molar-refractivity contribution in [3.63, 3.8) is 0 Å². The highest BCUT2D eigenvalue weighted by atomic mass is 16.5. The van der Waals surface area contributed by atoms with Crippen LogP contribution in [0.4, 0.5) is 0 Å². The van der Waals surface area contributed by atoms with Gasteiger partial charge in [-0.15, -0.1) is 0 Å². The van der Waals surface area contributed by atoms with Gasteiger partial charge in [0.25, 0.3) is 0 Å². The quantitative estimate of drug-likeness (QED) is 0.686. The predicted octanol–water partition coefficient (Wildman–Crippen LogP) is 3.11. The van der Waals surface area contributed by atoms with Crippen molar-refractivity contribution in [1.82, 2.24) is 5.32 Å². The predicted molar refractivity (Wildman–Crippen MR) is 74.2 cm³/mol. The maximum absolute atomic E-state index is 9.51. The first-order chi connectivity index (χ1) is 8.54. The highest BCUT2D eigenvalue weighted by molar-refractivity contribution is 5.16. The van der Waals surface area contributed by atoms with Crippen LogP contribution in [0.15, 0.2) is 0 Å². The molecule has 0 aromatic heterocycles. The second kappa shape index (κ2) is 7.11. The lowest BCUT2D eigenvalue weighted by Gasteiger charge is -2.30. The average molecular weight is 252 g/mol. The normalized spacial score (nSPS) is 20.4. The molecule has 0 heterocycles. The van der Waals surface area contributed by atoms with Crippen LogP contribution in [0.1, 0.15) is 53.4 Å². The van der Waals surface area contributed by atoms with Gasteiger partial charge in [-0.2, -0.15) is 5.26 Å². The van der Waals surface area contributed by atoms with E-state index in [0.29, 0.717) is 24.5 Å². The summed E-state index contributed by atoms with van der Waals surface area (Å²) in [5, 5.41) is 12.9. The first kappa shape index (κ1) is 15.5. The lowest BCUT2D eigenvalue weighted by Crippen LogP contribution is -2.53. The molecular formula is C15H28N2O. The van der Waals surface area contributed by atoms with Crippen LogP contribution in [0.25, 0.3) is 0 Å². The third-order valence-corrected chi connectivity index (χ3v) is 3.53. The average Bonchev–Trinajstić information content (AvgIpc) is 3.11. The van der Waals surface area contributed by atoms with Crippen molar-refractivity contribution in [1.29, 1.82) is 5.26 Å². The van der Waals surface area contributed by atoms with E-state index in [9.17, 15) is 5.26 Å². The Bertz CT molecular complexity index is 281. The van der Waals surface area contributed by atoms with Crippen LogP contribution in [0.2, 0.25) is 0 Å². The molecule has 0 aromatic rings. The summed E-state index contributed by atoms with van der Waals surface area (Å²) >= 11 is 0. The van der Waals surface area contributed by atoms with Crippen molar-refractivity contribution in [2.24, 2.45) is 11.8 Å². The van der Waals surface area contributed by atoms with Gasteiger partial charge in [-0.25, -0.2) is 0 Å². The van der Waals surface area contributed by atoms with Gasteiger partial charge in [0.15, 0.2) is 0 Å². The molecule has 3 heteroatoms. The Balaban J connectivity index is 2.44. The SMILES string of the molecule is CCCC(C)COCC(C#N)(NC(C)C)C1CC1. The molecule has 1 fully saturated rings. The summed E-state index contributed by atoms with van der Waals surface area (Å²) in [4.78, 5) is 0. The monoisotopic (exact) mass is 252 g/mol. The Morgan fingerprint density at radius 2 is 2.06 bits per heavy atom. The maximum atomic E-state index is 9.51.